The molecule has 0 fully saturated rings. The maximum Gasteiger partial charge on any atom is 0.239 e. The van der Waals surface area contributed by atoms with Crippen LogP contribution in [0.25, 0.3) is 0 Å². The van der Waals surface area contributed by atoms with Crippen LogP contribution >= 0.6 is 11.6 Å². The highest BCUT2D eigenvalue weighted by Crippen LogP contribution is 2.23. The molecule has 0 aliphatic carbocycles. The molecule has 0 aliphatic rings. The molecule has 0 radical (unpaired) electrons. The highest BCUT2D eigenvalue weighted by molar-refractivity contribution is 6.30. The van der Waals surface area contributed by atoms with E-state index >= 15 is 0 Å². The number of likely N-dealkylation sites (N-methyl/N-ethyl adjacent to an activating group) is 2. The van der Waals surface area contributed by atoms with Crippen molar-refractivity contribution in [1.82, 2.24) is 15.5 Å². The van der Waals surface area contributed by atoms with Gasteiger partial charge in [0.05, 0.1) is 20.2 Å². The first kappa shape index (κ1) is 18.3. The van der Waals surface area contributed by atoms with Crippen LogP contribution < -0.4 is 15.4 Å². The second-order valence-electron chi connectivity index (χ2n) is 4.86. The molecular formula is C15H22ClN3O3. The van der Waals surface area contributed by atoms with E-state index in [1.807, 2.05) is 24.9 Å². The SMILES string of the molecule is CCNC(=O)CNC(=O)CN(C)Cc1cc(Cl)ccc1OC. The third-order valence-electron chi connectivity index (χ3n) is 2.92. The topological polar surface area (TPSA) is 70.7 Å². The van der Waals surface area contributed by atoms with Crippen LogP contribution in [0.4, 0.5) is 0 Å². The zero-order chi connectivity index (χ0) is 16.5. The quantitative estimate of drug-likeness (QED) is 0.748. The average molecular weight is 328 g/mol. The highest BCUT2D eigenvalue weighted by atomic mass is 35.5. The van der Waals surface area contributed by atoms with Gasteiger partial charge in [0.15, 0.2) is 0 Å². The molecule has 0 saturated carbocycles. The smallest absolute Gasteiger partial charge is 0.239 e. The van der Waals surface area contributed by atoms with Gasteiger partial charge in [0.25, 0.3) is 0 Å². The van der Waals surface area contributed by atoms with Crippen molar-refractivity contribution in [1.29, 1.82) is 0 Å². The van der Waals surface area contributed by atoms with Crippen molar-refractivity contribution in [2.75, 3.05) is 33.8 Å². The summed E-state index contributed by atoms with van der Waals surface area (Å²) in [7, 11) is 3.40. The summed E-state index contributed by atoms with van der Waals surface area (Å²) in [5, 5.41) is 5.81. The number of carbonyl (C=O) groups is 2. The van der Waals surface area contributed by atoms with E-state index in [1.165, 1.54) is 0 Å². The van der Waals surface area contributed by atoms with E-state index in [0.29, 0.717) is 18.1 Å². The number of carbonyl (C=O) groups excluding carboxylic acids is 2. The molecule has 6 nitrogen and oxygen atoms in total. The van der Waals surface area contributed by atoms with Crippen LogP contribution in [-0.4, -0.2) is 50.5 Å². The minimum absolute atomic E-state index is 0.0129. The lowest BCUT2D eigenvalue weighted by molar-refractivity contribution is -0.126. The third-order valence-corrected chi connectivity index (χ3v) is 3.15. The van der Waals surface area contributed by atoms with Gasteiger partial charge in [-0.3, -0.25) is 14.5 Å². The number of nitrogens with one attached hydrogen (secondary N) is 2. The number of amides is 2. The Labute approximate surface area is 135 Å². The molecule has 0 bridgehead atoms. The average Bonchev–Trinajstić information content (AvgIpc) is 2.45. The lowest BCUT2D eigenvalue weighted by Crippen LogP contribution is -2.41. The second-order valence-corrected chi connectivity index (χ2v) is 5.30. The number of hydrogen-bond donors (Lipinski definition) is 2. The molecule has 1 aromatic rings. The van der Waals surface area contributed by atoms with E-state index in [4.69, 9.17) is 16.3 Å². The summed E-state index contributed by atoms with van der Waals surface area (Å²) in [5.41, 5.74) is 0.897. The fraction of sp³-hybridized carbons (Fsp3) is 0.467. The molecular weight excluding hydrogens is 306 g/mol. The molecule has 0 unspecified atom stereocenters. The van der Waals surface area contributed by atoms with Gasteiger partial charge in [0.2, 0.25) is 11.8 Å². The van der Waals surface area contributed by atoms with Gasteiger partial charge in [0.1, 0.15) is 5.75 Å². The third kappa shape index (κ3) is 6.32. The van der Waals surface area contributed by atoms with Crippen LogP contribution in [0.2, 0.25) is 5.02 Å². The zero-order valence-corrected chi connectivity index (χ0v) is 13.9. The van der Waals surface area contributed by atoms with Crippen molar-refractivity contribution in [3.63, 3.8) is 0 Å². The molecule has 0 heterocycles. The van der Waals surface area contributed by atoms with Crippen molar-refractivity contribution < 1.29 is 14.3 Å². The van der Waals surface area contributed by atoms with Crippen molar-refractivity contribution in [3.8, 4) is 5.75 Å². The van der Waals surface area contributed by atoms with E-state index in [9.17, 15) is 9.59 Å². The Morgan fingerprint density at radius 1 is 1.27 bits per heavy atom. The van der Waals surface area contributed by atoms with Gasteiger partial charge in [-0.05, 0) is 32.2 Å². The monoisotopic (exact) mass is 327 g/mol. The van der Waals surface area contributed by atoms with E-state index in [-0.39, 0.29) is 24.9 Å². The maximum absolute atomic E-state index is 11.8. The molecule has 0 aliphatic heterocycles. The Bertz CT molecular complexity index is 523. The fourth-order valence-electron chi connectivity index (χ4n) is 1.96. The molecule has 2 amide bonds. The molecule has 2 N–H and O–H groups in total. The van der Waals surface area contributed by atoms with Crippen LogP contribution in [0, 0.1) is 0 Å². The molecule has 0 spiro atoms. The minimum atomic E-state index is -0.213. The molecule has 0 saturated heterocycles. The Morgan fingerprint density at radius 2 is 2.00 bits per heavy atom. The van der Waals surface area contributed by atoms with Gasteiger partial charge in [-0.1, -0.05) is 11.6 Å². The van der Waals surface area contributed by atoms with E-state index in [1.54, 1.807) is 19.2 Å². The molecule has 22 heavy (non-hydrogen) atoms. The van der Waals surface area contributed by atoms with Crippen molar-refractivity contribution in [3.05, 3.63) is 28.8 Å². The summed E-state index contributed by atoms with van der Waals surface area (Å²) < 4.78 is 5.27. The second kappa shape index (κ2) is 9.27. The Morgan fingerprint density at radius 3 is 2.64 bits per heavy atom. The summed E-state index contributed by atoms with van der Waals surface area (Å²) in [6.07, 6.45) is 0. The zero-order valence-electron chi connectivity index (χ0n) is 13.1. The van der Waals surface area contributed by atoms with E-state index in [0.717, 1.165) is 11.3 Å². The Hall–Kier alpha value is -1.79. The first-order chi connectivity index (χ1) is 10.5. The first-order valence-electron chi connectivity index (χ1n) is 7.00. The van der Waals surface area contributed by atoms with Crippen LogP contribution in [0.3, 0.4) is 0 Å². The van der Waals surface area contributed by atoms with Gasteiger partial charge in [-0.25, -0.2) is 0 Å². The number of rotatable bonds is 8. The van der Waals surface area contributed by atoms with Gasteiger partial charge in [-0.15, -0.1) is 0 Å². The lowest BCUT2D eigenvalue weighted by Gasteiger charge is -2.18. The van der Waals surface area contributed by atoms with Crippen LogP contribution in [0.15, 0.2) is 18.2 Å². The molecule has 122 valence electrons. The Kier molecular flexibility index (Phi) is 7.70. The summed E-state index contributed by atoms with van der Waals surface area (Å²) in [6.45, 7) is 3.05. The predicted molar refractivity (Wildman–Crippen MR) is 86.0 cm³/mol. The molecule has 7 heteroatoms. The number of hydrogen-bond acceptors (Lipinski definition) is 4. The standard InChI is InChI=1S/C15H22ClN3O3/c1-4-17-14(20)8-18-15(21)10-19(2)9-11-7-12(16)5-6-13(11)22-3/h5-7H,4,8-10H2,1-3H3,(H,17,20)(H,18,21). The summed E-state index contributed by atoms with van der Waals surface area (Å²) in [6, 6.07) is 5.35. The van der Waals surface area contributed by atoms with Crippen LogP contribution in [0.5, 0.6) is 5.75 Å². The molecule has 0 aromatic heterocycles. The minimum Gasteiger partial charge on any atom is -0.496 e. The molecule has 0 atom stereocenters. The summed E-state index contributed by atoms with van der Waals surface area (Å²) in [4.78, 5) is 24.9. The first-order valence-corrected chi connectivity index (χ1v) is 7.38. The fourth-order valence-corrected chi connectivity index (χ4v) is 2.15. The number of methoxy groups -OCH3 is 1. The molecule has 1 aromatic carbocycles. The molecule has 1 rings (SSSR count). The van der Waals surface area contributed by atoms with E-state index < -0.39 is 0 Å². The number of halogens is 1. The van der Waals surface area contributed by atoms with Crippen LogP contribution in [0.1, 0.15) is 12.5 Å². The largest absolute Gasteiger partial charge is 0.496 e. The van der Waals surface area contributed by atoms with Gasteiger partial charge in [0, 0.05) is 23.7 Å². The number of benzene rings is 1. The van der Waals surface area contributed by atoms with Gasteiger partial charge >= 0.3 is 0 Å². The van der Waals surface area contributed by atoms with Gasteiger partial charge in [-0.2, -0.15) is 0 Å². The van der Waals surface area contributed by atoms with Crippen molar-refractivity contribution in [2.24, 2.45) is 0 Å². The van der Waals surface area contributed by atoms with Crippen molar-refractivity contribution in [2.45, 2.75) is 13.5 Å². The number of ether oxygens (including phenoxy) is 1. The lowest BCUT2D eigenvalue weighted by atomic mass is 10.2. The summed E-state index contributed by atoms with van der Waals surface area (Å²) >= 11 is 5.98. The predicted octanol–water partition coefficient (Wildman–Crippen LogP) is 1.03. The number of nitrogens with zero attached hydrogens (tertiary/aromatic N) is 1. The highest BCUT2D eigenvalue weighted by Gasteiger charge is 2.11. The Balaban J connectivity index is 2.49. The van der Waals surface area contributed by atoms with E-state index in [2.05, 4.69) is 10.6 Å². The van der Waals surface area contributed by atoms with Crippen LogP contribution in [-0.2, 0) is 16.1 Å². The normalized spacial score (nSPS) is 10.4. The van der Waals surface area contributed by atoms with Gasteiger partial charge < -0.3 is 15.4 Å². The van der Waals surface area contributed by atoms with Crippen molar-refractivity contribution >= 4 is 23.4 Å². The maximum atomic E-state index is 11.8. The summed E-state index contributed by atoms with van der Waals surface area (Å²) in [5.74, 6) is 0.309.